The lowest BCUT2D eigenvalue weighted by Crippen LogP contribution is -2.45. The Morgan fingerprint density at radius 3 is 2.67 bits per heavy atom. The number of hydrogen-bond donors (Lipinski definition) is 2. The van der Waals surface area contributed by atoms with Crippen molar-refractivity contribution in [1.29, 1.82) is 0 Å². The summed E-state index contributed by atoms with van der Waals surface area (Å²) in [6.07, 6.45) is -0.748. The van der Waals surface area contributed by atoms with Crippen molar-refractivity contribution in [3.05, 3.63) is 47.0 Å². The average molecular weight is 522 g/mol. The molecule has 8 nitrogen and oxygen atoms in total. The highest BCUT2D eigenvalue weighted by Crippen LogP contribution is 2.51. The summed E-state index contributed by atoms with van der Waals surface area (Å²) < 4.78 is 43.9. The number of aliphatic hydroxyl groups is 1. The molecule has 2 N–H and O–H groups in total. The average Bonchev–Trinajstić information content (AvgIpc) is 3.29. The summed E-state index contributed by atoms with van der Waals surface area (Å²) in [4.78, 5) is 29.3. The number of rotatable bonds is 5. The van der Waals surface area contributed by atoms with Gasteiger partial charge in [-0.25, -0.2) is 15.0 Å². The zero-order valence-corrected chi connectivity index (χ0v) is 21.0. The molecule has 12 heteroatoms. The third-order valence-electron chi connectivity index (χ3n) is 6.34. The number of thiazole rings is 1. The monoisotopic (exact) mass is 521 g/mol. The Hall–Kier alpha value is -3.12. The van der Waals surface area contributed by atoms with E-state index in [2.05, 4.69) is 25.3 Å². The topological polar surface area (TPSA) is 110 Å². The molecule has 0 amide bonds. The maximum Gasteiger partial charge on any atom is 0.433 e. The first-order valence-electron chi connectivity index (χ1n) is 11.2. The van der Waals surface area contributed by atoms with Crippen LogP contribution >= 0.6 is 11.3 Å². The Bertz CT molecular complexity index is 1280. The van der Waals surface area contributed by atoms with Crippen molar-refractivity contribution in [2.45, 2.75) is 51.8 Å². The third kappa shape index (κ3) is 5.34. The van der Waals surface area contributed by atoms with Gasteiger partial charge in [-0.1, -0.05) is 13.8 Å². The Kier molecular flexibility index (Phi) is 6.78. The van der Waals surface area contributed by atoms with Crippen molar-refractivity contribution in [2.24, 2.45) is 11.3 Å². The standard InChI is InChI=1S/C24H26F3N5O3S/c1-13-9-14(31-21-28-8-6-18(32-21)24(25,26)27)10-16(30-13)17-11-29-20(36-17)23(34)7-5-15(19(33)35-4)22(2,3)12-23/h6,8-11,15,34H,5,7,12H2,1-4H3,(H,28,30,31,32)/t15-,23-/m0/s1. The number of nitrogens with zero attached hydrogens (tertiary/aromatic N) is 4. The minimum absolute atomic E-state index is 0.190. The van der Waals surface area contributed by atoms with Crippen LogP contribution in [-0.2, 0) is 21.3 Å². The summed E-state index contributed by atoms with van der Waals surface area (Å²) in [5, 5.41) is 14.8. The van der Waals surface area contributed by atoms with E-state index < -0.39 is 22.9 Å². The molecule has 4 rings (SSSR count). The number of hydrogen-bond acceptors (Lipinski definition) is 9. The number of halogens is 3. The molecule has 0 bridgehead atoms. The van der Waals surface area contributed by atoms with Crippen molar-refractivity contribution in [3.63, 3.8) is 0 Å². The number of esters is 1. The van der Waals surface area contributed by atoms with Crippen LogP contribution in [0.5, 0.6) is 0 Å². The van der Waals surface area contributed by atoms with E-state index in [1.165, 1.54) is 18.4 Å². The number of aryl methyl sites for hydroxylation is 1. The van der Waals surface area contributed by atoms with Crippen LogP contribution in [0.3, 0.4) is 0 Å². The molecule has 3 heterocycles. The number of anilines is 2. The molecule has 1 aliphatic rings. The van der Waals surface area contributed by atoms with Gasteiger partial charge >= 0.3 is 12.1 Å². The summed E-state index contributed by atoms with van der Waals surface area (Å²) in [5.74, 6) is -0.784. The van der Waals surface area contributed by atoms with Gasteiger partial charge in [0.25, 0.3) is 0 Å². The second-order valence-corrected chi connectivity index (χ2v) is 10.6. The summed E-state index contributed by atoms with van der Waals surface area (Å²) in [6.45, 7) is 5.63. The van der Waals surface area contributed by atoms with E-state index in [1.54, 1.807) is 25.3 Å². The lowest BCUT2D eigenvalue weighted by Gasteiger charge is -2.44. The molecular formula is C24H26F3N5O3S. The number of nitrogens with one attached hydrogen (secondary N) is 1. The largest absolute Gasteiger partial charge is 0.469 e. The quantitative estimate of drug-likeness (QED) is 0.438. The second-order valence-electron chi connectivity index (χ2n) is 9.61. The van der Waals surface area contributed by atoms with Gasteiger partial charge in [0.1, 0.15) is 16.3 Å². The summed E-state index contributed by atoms with van der Waals surface area (Å²) in [5.41, 5.74) is -1.11. The Labute approximate surface area is 210 Å². The van der Waals surface area contributed by atoms with Crippen molar-refractivity contribution in [1.82, 2.24) is 19.9 Å². The van der Waals surface area contributed by atoms with Crippen LogP contribution < -0.4 is 5.32 Å². The highest BCUT2D eigenvalue weighted by molar-refractivity contribution is 7.15. The number of alkyl halides is 3. The van der Waals surface area contributed by atoms with Crippen molar-refractivity contribution < 1.29 is 27.8 Å². The maximum atomic E-state index is 13.0. The lowest BCUT2D eigenvalue weighted by atomic mass is 9.63. The zero-order valence-electron chi connectivity index (χ0n) is 20.2. The molecule has 1 aliphatic carbocycles. The lowest BCUT2D eigenvalue weighted by molar-refractivity contribution is -0.157. The van der Waals surface area contributed by atoms with E-state index in [-0.39, 0.29) is 17.8 Å². The zero-order chi connectivity index (χ0) is 26.3. The fraction of sp³-hybridized carbons (Fsp3) is 0.458. The molecular weight excluding hydrogens is 495 g/mol. The Morgan fingerprint density at radius 2 is 2.00 bits per heavy atom. The van der Waals surface area contributed by atoms with E-state index in [9.17, 15) is 23.1 Å². The van der Waals surface area contributed by atoms with Gasteiger partial charge in [-0.05, 0) is 49.8 Å². The summed E-state index contributed by atoms with van der Waals surface area (Å²) in [7, 11) is 1.36. The van der Waals surface area contributed by atoms with Crippen LogP contribution in [0, 0.1) is 18.3 Å². The molecule has 36 heavy (non-hydrogen) atoms. The van der Waals surface area contributed by atoms with Gasteiger partial charge in [0.05, 0.1) is 23.6 Å². The molecule has 0 radical (unpaired) electrons. The molecule has 0 spiro atoms. The highest BCUT2D eigenvalue weighted by Gasteiger charge is 2.49. The van der Waals surface area contributed by atoms with Gasteiger partial charge in [0.15, 0.2) is 0 Å². The molecule has 0 aliphatic heterocycles. The number of pyridine rings is 1. The molecule has 3 aromatic heterocycles. The molecule has 0 aromatic carbocycles. The normalized spacial score (nSPS) is 21.7. The van der Waals surface area contributed by atoms with E-state index >= 15 is 0 Å². The van der Waals surface area contributed by atoms with Gasteiger partial charge < -0.3 is 15.2 Å². The number of aromatic nitrogens is 4. The molecule has 1 saturated carbocycles. The molecule has 1 fully saturated rings. The first-order chi connectivity index (χ1) is 16.8. The molecule has 0 unspecified atom stereocenters. The van der Waals surface area contributed by atoms with E-state index in [0.29, 0.717) is 46.2 Å². The van der Waals surface area contributed by atoms with E-state index in [4.69, 9.17) is 4.74 Å². The number of carbonyl (C=O) groups is 1. The van der Waals surface area contributed by atoms with E-state index in [1.807, 2.05) is 13.8 Å². The predicted molar refractivity (Wildman–Crippen MR) is 127 cm³/mol. The van der Waals surface area contributed by atoms with Crippen LogP contribution in [0.1, 0.15) is 49.5 Å². The SMILES string of the molecule is COC(=O)[C@@H]1CC[C@@](O)(c2ncc(-c3cc(Nc4nccc(C(F)(F)F)n4)cc(C)n3)s2)CC1(C)C. The van der Waals surface area contributed by atoms with Crippen LogP contribution in [0.25, 0.3) is 10.6 Å². The fourth-order valence-corrected chi connectivity index (χ4v) is 5.67. The first-order valence-corrected chi connectivity index (χ1v) is 12.1. The van der Waals surface area contributed by atoms with Crippen LogP contribution in [0.2, 0.25) is 0 Å². The number of carbonyl (C=O) groups excluding carboxylic acids is 1. The number of methoxy groups -OCH3 is 1. The Morgan fingerprint density at radius 1 is 1.25 bits per heavy atom. The molecule has 3 aromatic rings. The number of ether oxygens (including phenoxy) is 1. The fourth-order valence-electron chi connectivity index (χ4n) is 4.68. The molecule has 2 atom stereocenters. The van der Waals surface area contributed by atoms with Crippen LogP contribution in [0.15, 0.2) is 30.6 Å². The van der Waals surface area contributed by atoms with Gasteiger partial charge in [0.2, 0.25) is 5.95 Å². The van der Waals surface area contributed by atoms with Crippen molar-refractivity contribution in [2.75, 3.05) is 12.4 Å². The van der Waals surface area contributed by atoms with Crippen molar-refractivity contribution in [3.8, 4) is 10.6 Å². The van der Waals surface area contributed by atoms with E-state index in [0.717, 1.165) is 12.3 Å². The first kappa shape index (κ1) is 26.0. The second kappa shape index (κ2) is 9.40. The smallest absolute Gasteiger partial charge is 0.433 e. The van der Waals surface area contributed by atoms with Gasteiger partial charge in [-0.3, -0.25) is 9.78 Å². The van der Waals surface area contributed by atoms with Gasteiger partial charge in [0, 0.05) is 23.8 Å². The Balaban J connectivity index is 1.58. The highest BCUT2D eigenvalue weighted by atomic mass is 32.1. The third-order valence-corrected chi connectivity index (χ3v) is 7.55. The molecule has 0 saturated heterocycles. The van der Waals surface area contributed by atoms with Crippen LogP contribution in [0.4, 0.5) is 24.8 Å². The van der Waals surface area contributed by atoms with Crippen molar-refractivity contribution >= 4 is 28.9 Å². The maximum absolute atomic E-state index is 13.0. The minimum Gasteiger partial charge on any atom is -0.469 e. The van der Waals surface area contributed by atoms with Gasteiger partial charge in [-0.15, -0.1) is 11.3 Å². The summed E-state index contributed by atoms with van der Waals surface area (Å²) >= 11 is 1.29. The minimum atomic E-state index is -4.58. The molecule has 192 valence electrons. The van der Waals surface area contributed by atoms with Crippen LogP contribution in [-0.4, -0.2) is 38.1 Å². The predicted octanol–water partition coefficient (Wildman–Crippen LogP) is 5.25. The summed E-state index contributed by atoms with van der Waals surface area (Å²) in [6, 6.07) is 4.13. The van der Waals surface area contributed by atoms with Gasteiger partial charge in [-0.2, -0.15) is 13.2 Å².